The number of aromatic nitrogens is 2. The normalized spacial score (nSPS) is 18.9. The van der Waals surface area contributed by atoms with Crippen LogP contribution in [0.1, 0.15) is 28.4 Å². The van der Waals surface area contributed by atoms with E-state index in [9.17, 15) is 0 Å². The van der Waals surface area contributed by atoms with Crippen LogP contribution >= 0.6 is 0 Å². The van der Waals surface area contributed by atoms with Crippen molar-refractivity contribution in [2.75, 3.05) is 19.7 Å². The van der Waals surface area contributed by atoms with Crippen LogP contribution in [0.2, 0.25) is 0 Å². The molecular weight excluding hydrogens is 266 g/mol. The molecule has 0 radical (unpaired) electrons. The summed E-state index contributed by atoms with van der Waals surface area (Å²) in [6.07, 6.45) is 1.51. The number of rotatable bonds is 4. The third-order valence-electron chi connectivity index (χ3n) is 3.85. The van der Waals surface area contributed by atoms with Gasteiger partial charge in [-0.05, 0) is 30.5 Å². The van der Waals surface area contributed by atoms with Crippen LogP contribution in [-0.2, 0) is 17.6 Å². The molecule has 1 aromatic heterocycles. The molecule has 0 saturated carbocycles. The summed E-state index contributed by atoms with van der Waals surface area (Å²) in [4.78, 5) is 4.47. The lowest BCUT2D eigenvalue weighted by molar-refractivity contribution is 0.0246. The molecule has 1 fully saturated rings. The van der Waals surface area contributed by atoms with E-state index in [1.54, 1.807) is 0 Å². The van der Waals surface area contributed by atoms with E-state index in [1.165, 1.54) is 16.7 Å². The quantitative estimate of drug-likeness (QED) is 0.929. The van der Waals surface area contributed by atoms with Crippen molar-refractivity contribution in [3.05, 3.63) is 46.6 Å². The molecule has 1 N–H and O–H groups in total. The van der Waals surface area contributed by atoms with E-state index in [1.807, 2.05) is 0 Å². The standard InChI is InChI=1S/C16H21N3O2/c1-11-3-4-13(7-12(11)2)8-15-18-16(21-19-15)9-14-10-17-5-6-20-14/h3-4,7,14,17H,5-6,8-10H2,1-2H3. The van der Waals surface area contributed by atoms with Crippen molar-refractivity contribution in [1.29, 1.82) is 0 Å². The lowest BCUT2D eigenvalue weighted by Crippen LogP contribution is -2.39. The molecule has 2 heterocycles. The molecule has 112 valence electrons. The summed E-state index contributed by atoms with van der Waals surface area (Å²) in [5.41, 5.74) is 3.80. The fourth-order valence-electron chi connectivity index (χ4n) is 2.49. The van der Waals surface area contributed by atoms with Gasteiger partial charge in [0.2, 0.25) is 5.89 Å². The zero-order valence-electron chi connectivity index (χ0n) is 12.6. The van der Waals surface area contributed by atoms with Crippen LogP contribution in [0.3, 0.4) is 0 Å². The van der Waals surface area contributed by atoms with Gasteiger partial charge in [0.15, 0.2) is 5.82 Å². The third kappa shape index (κ3) is 3.68. The van der Waals surface area contributed by atoms with Crippen LogP contribution in [0.25, 0.3) is 0 Å². The Hall–Kier alpha value is -1.72. The molecule has 1 aromatic carbocycles. The first-order valence-electron chi connectivity index (χ1n) is 7.40. The predicted octanol–water partition coefficient (Wildman–Crippen LogP) is 1.81. The Morgan fingerprint density at radius 3 is 2.95 bits per heavy atom. The molecule has 0 aliphatic carbocycles. The molecule has 3 rings (SSSR count). The summed E-state index contributed by atoms with van der Waals surface area (Å²) >= 11 is 0. The molecule has 1 aliphatic rings. The van der Waals surface area contributed by atoms with E-state index in [2.05, 4.69) is 47.5 Å². The second-order valence-corrected chi connectivity index (χ2v) is 5.60. The van der Waals surface area contributed by atoms with Gasteiger partial charge in [-0.3, -0.25) is 0 Å². The fraction of sp³-hybridized carbons (Fsp3) is 0.500. The van der Waals surface area contributed by atoms with E-state index in [4.69, 9.17) is 9.26 Å². The predicted molar refractivity (Wildman–Crippen MR) is 79.3 cm³/mol. The van der Waals surface area contributed by atoms with Crippen molar-refractivity contribution >= 4 is 0 Å². The number of benzene rings is 1. The highest BCUT2D eigenvalue weighted by molar-refractivity contribution is 5.31. The largest absolute Gasteiger partial charge is 0.375 e. The minimum absolute atomic E-state index is 0.133. The first-order valence-corrected chi connectivity index (χ1v) is 7.40. The zero-order chi connectivity index (χ0) is 14.7. The van der Waals surface area contributed by atoms with E-state index in [-0.39, 0.29) is 6.10 Å². The van der Waals surface area contributed by atoms with Gasteiger partial charge in [0.25, 0.3) is 0 Å². The van der Waals surface area contributed by atoms with Gasteiger partial charge >= 0.3 is 0 Å². The molecule has 0 amide bonds. The average molecular weight is 287 g/mol. The fourth-order valence-corrected chi connectivity index (χ4v) is 2.49. The van der Waals surface area contributed by atoms with Crippen LogP contribution in [0.5, 0.6) is 0 Å². The van der Waals surface area contributed by atoms with Crippen LogP contribution < -0.4 is 5.32 Å². The second kappa shape index (κ2) is 6.37. The minimum atomic E-state index is 0.133. The highest BCUT2D eigenvalue weighted by atomic mass is 16.5. The summed E-state index contributed by atoms with van der Waals surface area (Å²) in [6, 6.07) is 6.43. The maximum absolute atomic E-state index is 5.65. The number of hydrogen-bond donors (Lipinski definition) is 1. The summed E-state index contributed by atoms with van der Waals surface area (Å²) in [7, 11) is 0. The third-order valence-corrected chi connectivity index (χ3v) is 3.85. The van der Waals surface area contributed by atoms with E-state index in [0.29, 0.717) is 18.7 Å². The Morgan fingerprint density at radius 2 is 2.19 bits per heavy atom. The van der Waals surface area contributed by atoms with Crippen LogP contribution in [0, 0.1) is 13.8 Å². The molecule has 21 heavy (non-hydrogen) atoms. The number of aryl methyl sites for hydroxylation is 2. The second-order valence-electron chi connectivity index (χ2n) is 5.60. The van der Waals surface area contributed by atoms with Gasteiger partial charge in [-0.2, -0.15) is 4.98 Å². The van der Waals surface area contributed by atoms with Crippen LogP contribution in [0.15, 0.2) is 22.7 Å². The molecule has 0 spiro atoms. The van der Waals surface area contributed by atoms with Crippen molar-refractivity contribution in [1.82, 2.24) is 15.5 Å². The molecule has 1 unspecified atom stereocenters. The monoisotopic (exact) mass is 287 g/mol. The number of nitrogens with zero attached hydrogens (tertiary/aromatic N) is 2. The lowest BCUT2D eigenvalue weighted by atomic mass is 10.0. The topological polar surface area (TPSA) is 60.2 Å². The Labute approximate surface area is 124 Å². The molecule has 2 aromatic rings. The van der Waals surface area contributed by atoms with Gasteiger partial charge in [0, 0.05) is 19.5 Å². The van der Waals surface area contributed by atoms with Gasteiger partial charge in [-0.1, -0.05) is 23.4 Å². The van der Waals surface area contributed by atoms with Gasteiger partial charge in [-0.15, -0.1) is 0 Å². The first kappa shape index (κ1) is 14.2. The Balaban J connectivity index is 1.62. The average Bonchev–Trinajstić information content (AvgIpc) is 2.91. The number of morpholine rings is 1. The molecular formula is C16H21N3O2. The Bertz CT molecular complexity index is 603. The maximum Gasteiger partial charge on any atom is 0.229 e. The Kier molecular flexibility index (Phi) is 4.31. The SMILES string of the molecule is Cc1ccc(Cc2noc(CC3CNCCO3)n2)cc1C. The molecule has 1 atom stereocenters. The lowest BCUT2D eigenvalue weighted by Gasteiger charge is -2.21. The van der Waals surface area contributed by atoms with Crippen molar-refractivity contribution in [2.45, 2.75) is 32.8 Å². The molecule has 5 nitrogen and oxygen atoms in total. The van der Waals surface area contributed by atoms with Crippen LogP contribution in [-0.4, -0.2) is 35.9 Å². The number of nitrogens with one attached hydrogen (secondary N) is 1. The van der Waals surface area contributed by atoms with Gasteiger partial charge in [-0.25, -0.2) is 0 Å². The number of ether oxygens (including phenoxy) is 1. The van der Waals surface area contributed by atoms with Crippen molar-refractivity contribution in [3.8, 4) is 0 Å². The van der Waals surface area contributed by atoms with Gasteiger partial charge in [0.1, 0.15) is 0 Å². The summed E-state index contributed by atoms with van der Waals surface area (Å²) in [5.74, 6) is 1.39. The minimum Gasteiger partial charge on any atom is -0.375 e. The van der Waals surface area contributed by atoms with E-state index in [0.717, 1.165) is 25.5 Å². The molecule has 1 aliphatic heterocycles. The van der Waals surface area contributed by atoms with Crippen molar-refractivity contribution in [2.24, 2.45) is 0 Å². The highest BCUT2D eigenvalue weighted by Crippen LogP contribution is 2.13. The first-order chi connectivity index (χ1) is 10.2. The Morgan fingerprint density at radius 1 is 1.29 bits per heavy atom. The van der Waals surface area contributed by atoms with Crippen molar-refractivity contribution < 1.29 is 9.26 Å². The van der Waals surface area contributed by atoms with Gasteiger partial charge in [0.05, 0.1) is 19.1 Å². The summed E-state index contributed by atoms with van der Waals surface area (Å²) in [6.45, 7) is 6.74. The van der Waals surface area contributed by atoms with Gasteiger partial charge < -0.3 is 14.6 Å². The zero-order valence-corrected chi connectivity index (χ0v) is 12.6. The molecule has 1 saturated heterocycles. The van der Waals surface area contributed by atoms with Crippen LogP contribution in [0.4, 0.5) is 0 Å². The van der Waals surface area contributed by atoms with E-state index >= 15 is 0 Å². The maximum atomic E-state index is 5.65. The molecule has 5 heteroatoms. The highest BCUT2D eigenvalue weighted by Gasteiger charge is 2.17. The van der Waals surface area contributed by atoms with E-state index < -0.39 is 0 Å². The molecule has 0 bridgehead atoms. The van der Waals surface area contributed by atoms with Crippen molar-refractivity contribution in [3.63, 3.8) is 0 Å². The summed E-state index contributed by atoms with van der Waals surface area (Å²) < 4.78 is 11.0. The number of hydrogen-bond acceptors (Lipinski definition) is 5. The summed E-state index contributed by atoms with van der Waals surface area (Å²) in [5, 5.41) is 7.37. The smallest absolute Gasteiger partial charge is 0.229 e.